The van der Waals surface area contributed by atoms with Crippen molar-refractivity contribution in [1.82, 2.24) is 5.32 Å². The monoisotopic (exact) mass is 617 g/mol. The van der Waals surface area contributed by atoms with Crippen molar-refractivity contribution in [1.29, 1.82) is 0 Å². The van der Waals surface area contributed by atoms with Gasteiger partial charge in [-0.05, 0) is 110 Å². The second-order valence-corrected chi connectivity index (χ2v) is 12.3. The maximum atomic E-state index is 13.9. The molecule has 0 aliphatic carbocycles. The molecule has 3 atom stereocenters. The molecule has 2 aliphatic rings. The van der Waals surface area contributed by atoms with Crippen LogP contribution in [0.4, 0.5) is 11.4 Å². The Morgan fingerprint density at radius 2 is 1.73 bits per heavy atom. The third kappa shape index (κ3) is 6.59. The van der Waals surface area contributed by atoms with Gasteiger partial charge in [0.25, 0.3) is 0 Å². The molecule has 0 bridgehead atoms. The van der Waals surface area contributed by atoms with Gasteiger partial charge in [-0.25, -0.2) is 0 Å². The summed E-state index contributed by atoms with van der Waals surface area (Å²) in [4.78, 5) is 31.1. The van der Waals surface area contributed by atoms with Gasteiger partial charge >= 0.3 is 0 Å². The fourth-order valence-electron chi connectivity index (χ4n) is 6.55. The molecule has 5 rings (SSSR count). The number of rotatable bonds is 11. The summed E-state index contributed by atoms with van der Waals surface area (Å²) < 4.78 is 12.0. The van der Waals surface area contributed by atoms with Crippen LogP contribution in [0.1, 0.15) is 69.2 Å². The molecule has 0 spiro atoms. The lowest BCUT2D eigenvalue weighted by atomic mass is 9.85. The number of ether oxygens (including phenoxy) is 2. The van der Waals surface area contributed by atoms with E-state index in [0.29, 0.717) is 28.9 Å². The fourth-order valence-corrected chi connectivity index (χ4v) is 6.67. The number of halogens is 1. The molecule has 3 aromatic carbocycles. The molecule has 1 amide bonds. The fraction of sp³-hybridized carbons (Fsp3) is 0.444. The highest BCUT2D eigenvalue weighted by Crippen LogP contribution is 2.44. The van der Waals surface area contributed by atoms with Gasteiger partial charge in [-0.1, -0.05) is 37.6 Å². The quantitative estimate of drug-likeness (QED) is 0.250. The van der Waals surface area contributed by atoms with Crippen molar-refractivity contribution < 1.29 is 19.1 Å². The van der Waals surface area contributed by atoms with E-state index in [1.807, 2.05) is 86.5 Å². The molecule has 234 valence electrons. The van der Waals surface area contributed by atoms with Crippen molar-refractivity contribution in [2.75, 3.05) is 37.0 Å². The lowest BCUT2D eigenvalue weighted by Gasteiger charge is -2.39. The number of hydrogen-bond acceptors (Lipinski definition) is 6. The summed E-state index contributed by atoms with van der Waals surface area (Å²) in [5, 5.41) is 4.05. The molecule has 2 heterocycles. The summed E-state index contributed by atoms with van der Waals surface area (Å²) in [7, 11) is 3.64. The van der Waals surface area contributed by atoms with E-state index in [4.69, 9.17) is 21.1 Å². The first-order valence-corrected chi connectivity index (χ1v) is 16.1. The number of hydrogen-bond donors (Lipinski definition) is 1. The number of nitrogens with one attached hydrogen (secondary N) is 1. The number of ketones is 1. The lowest BCUT2D eigenvalue weighted by Crippen LogP contribution is -2.47. The van der Waals surface area contributed by atoms with E-state index in [-0.39, 0.29) is 36.3 Å². The number of likely N-dealkylation sites (N-methyl/N-ethyl adjacent to an activating group) is 1. The molecular weight excluding hydrogens is 574 g/mol. The van der Waals surface area contributed by atoms with E-state index < -0.39 is 0 Å². The Balaban J connectivity index is 1.54. The van der Waals surface area contributed by atoms with Gasteiger partial charge in [-0.2, -0.15) is 0 Å². The number of nitrogens with zero attached hydrogens (tertiary/aromatic N) is 2. The maximum absolute atomic E-state index is 13.9. The van der Waals surface area contributed by atoms with Crippen molar-refractivity contribution in [2.45, 2.75) is 71.1 Å². The summed E-state index contributed by atoms with van der Waals surface area (Å²) in [5.74, 6) is 1.85. The molecule has 44 heavy (non-hydrogen) atoms. The molecule has 1 fully saturated rings. The van der Waals surface area contributed by atoms with Gasteiger partial charge in [0.1, 0.15) is 0 Å². The van der Waals surface area contributed by atoms with Crippen molar-refractivity contribution in [3.8, 4) is 11.5 Å². The Morgan fingerprint density at radius 3 is 2.34 bits per heavy atom. The van der Waals surface area contributed by atoms with E-state index in [0.717, 1.165) is 60.4 Å². The first kappa shape index (κ1) is 31.9. The predicted octanol–water partition coefficient (Wildman–Crippen LogP) is 6.99. The molecule has 1 N–H and O–H groups in total. The molecule has 2 aliphatic heterocycles. The van der Waals surface area contributed by atoms with Crippen molar-refractivity contribution in [3.63, 3.8) is 0 Å². The third-order valence-electron chi connectivity index (χ3n) is 9.14. The molecule has 1 saturated heterocycles. The second-order valence-electron chi connectivity index (χ2n) is 11.9. The summed E-state index contributed by atoms with van der Waals surface area (Å²) in [5.41, 5.74) is 4.61. The van der Waals surface area contributed by atoms with E-state index >= 15 is 0 Å². The van der Waals surface area contributed by atoms with Gasteiger partial charge < -0.3 is 24.6 Å². The molecule has 3 aromatic rings. The number of carbonyl (C=O) groups excluding carboxylic acids is 2. The number of piperidine rings is 1. The minimum atomic E-state index is -0.388. The third-order valence-corrected chi connectivity index (χ3v) is 9.39. The van der Waals surface area contributed by atoms with Gasteiger partial charge in [0.15, 0.2) is 17.3 Å². The smallest absolute Gasteiger partial charge is 0.232 e. The second kappa shape index (κ2) is 14.0. The van der Waals surface area contributed by atoms with Crippen molar-refractivity contribution in [2.24, 2.45) is 5.92 Å². The Labute approximate surface area is 266 Å². The number of amides is 1. The first-order chi connectivity index (χ1) is 21.2. The van der Waals surface area contributed by atoms with Gasteiger partial charge in [-0.3, -0.25) is 9.59 Å². The van der Waals surface area contributed by atoms with Crippen LogP contribution in [0.25, 0.3) is 0 Å². The number of anilines is 2. The van der Waals surface area contributed by atoms with Crippen LogP contribution in [-0.4, -0.2) is 51.1 Å². The zero-order chi connectivity index (χ0) is 31.4. The van der Waals surface area contributed by atoms with Crippen LogP contribution < -0.4 is 24.6 Å². The number of methoxy groups -OCH3 is 1. The summed E-state index contributed by atoms with van der Waals surface area (Å²) in [6.07, 6.45) is 3.58. The average Bonchev–Trinajstić information content (AvgIpc) is 3.05. The van der Waals surface area contributed by atoms with Crippen LogP contribution in [0.3, 0.4) is 0 Å². The normalized spacial score (nSPS) is 18.4. The Hall–Kier alpha value is -3.55. The highest BCUT2D eigenvalue weighted by Gasteiger charge is 2.37. The molecule has 0 saturated carbocycles. The zero-order valence-corrected chi connectivity index (χ0v) is 27.2. The van der Waals surface area contributed by atoms with Crippen LogP contribution >= 0.6 is 11.6 Å². The van der Waals surface area contributed by atoms with Crippen LogP contribution in [0, 0.1) is 5.92 Å². The van der Waals surface area contributed by atoms with Gasteiger partial charge in [0.05, 0.1) is 31.7 Å². The Kier molecular flexibility index (Phi) is 10.2. The highest BCUT2D eigenvalue weighted by molar-refractivity contribution is 6.30. The van der Waals surface area contributed by atoms with Crippen LogP contribution in [0.5, 0.6) is 11.5 Å². The summed E-state index contributed by atoms with van der Waals surface area (Å²) >= 11 is 6.28. The molecule has 3 unspecified atom stereocenters. The highest BCUT2D eigenvalue weighted by atomic mass is 35.5. The molecule has 7 nitrogen and oxygen atoms in total. The van der Waals surface area contributed by atoms with Gasteiger partial charge in [0, 0.05) is 29.9 Å². The van der Waals surface area contributed by atoms with E-state index in [9.17, 15) is 9.59 Å². The number of Topliss-reactive ketones (excluding diaryl/α,β-unsaturated/α-hetero) is 1. The minimum absolute atomic E-state index is 0.00931. The molecule has 8 heteroatoms. The number of benzene rings is 3. The van der Waals surface area contributed by atoms with Gasteiger partial charge in [-0.15, -0.1) is 0 Å². The molecular formula is C36H44ClN3O4. The minimum Gasteiger partial charge on any atom is -0.493 e. The Morgan fingerprint density at radius 1 is 1.05 bits per heavy atom. The molecule has 0 radical (unpaired) electrons. The largest absolute Gasteiger partial charge is 0.493 e. The summed E-state index contributed by atoms with van der Waals surface area (Å²) in [6, 6.07) is 19.1. The zero-order valence-electron chi connectivity index (χ0n) is 26.4. The predicted molar refractivity (Wildman–Crippen MR) is 177 cm³/mol. The molecule has 0 aromatic heterocycles. The topological polar surface area (TPSA) is 71.1 Å². The summed E-state index contributed by atoms with van der Waals surface area (Å²) in [6.45, 7) is 7.93. The van der Waals surface area contributed by atoms with Crippen LogP contribution in [0.15, 0.2) is 60.7 Å². The average molecular weight is 618 g/mol. The van der Waals surface area contributed by atoms with Gasteiger partial charge in [0.2, 0.25) is 5.91 Å². The van der Waals surface area contributed by atoms with Crippen LogP contribution in [-0.2, 0) is 16.0 Å². The number of fused-ring (bicyclic) bond motifs is 1. The Bertz CT molecular complexity index is 1450. The SMILES string of the molecule is CCC(=O)C(C1CCNCC1)N(C)c1ccc(N2C(=O)Cc3cc(OC)c(OC(C)CC)cc3C2c2ccc(Cl)cc2)cc1. The first-order valence-electron chi connectivity index (χ1n) is 15.8. The lowest BCUT2D eigenvalue weighted by molar-refractivity contribution is -0.121. The van der Waals surface area contributed by atoms with E-state index in [1.54, 1.807) is 7.11 Å². The number of carbonyl (C=O) groups is 2. The maximum Gasteiger partial charge on any atom is 0.232 e. The van der Waals surface area contributed by atoms with Crippen molar-refractivity contribution in [3.05, 3.63) is 82.4 Å². The van der Waals surface area contributed by atoms with E-state index in [2.05, 4.69) is 17.1 Å². The van der Waals surface area contributed by atoms with E-state index in [1.165, 1.54) is 0 Å². The van der Waals surface area contributed by atoms with Crippen molar-refractivity contribution >= 4 is 34.7 Å². The van der Waals surface area contributed by atoms with Crippen LogP contribution in [0.2, 0.25) is 5.02 Å². The standard InChI is InChI=1S/C36H44ClN3O4/c1-6-23(3)44-33-22-30-26(20-32(33)43-5)21-34(42)40(35(30)24-8-10-27(37)11-9-24)29-14-12-28(13-15-29)39(4)36(31(41)7-2)25-16-18-38-19-17-25/h8-15,20,22-23,25,35-36,38H,6-7,16-19,21H2,1-5H3.